The van der Waals surface area contributed by atoms with Crippen molar-refractivity contribution in [2.45, 2.75) is 6.92 Å². The molecule has 0 fully saturated rings. The molecule has 4 heteroatoms. The summed E-state index contributed by atoms with van der Waals surface area (Å²) in [6.07, 6.45) is 0. The fourth-order valence-corrected chi connectivity index (χ4v) is 1.80. The van der Waals surface area contributed by atoms with E-state index in [4.69, 9.17) is 4.74 Å². The van der Waals surface area contributed by atoms with Crippen LogP contribution in [0, 0.1) is 11.6 Å². The van der Waals surface area contributed by atoms with Gasteiger partial charge in [0.15, 0.2) is 17.3 Å². The van der Waals surface area contributed by atoms with Gasteiger partial charge < -0.3 is 4.74 Å². The first-order chi connectivity index (χ1) is 9.02. The highest BCUT2D eigenvalue weighted by Crippen LogP contribution is 2.28. The summed E-state index contributed by atoms with van der Waals surface area (Å²) in [5.74, 6) is -1.16. The van der Waals surface area contributed by atoms with Crippen molar-refractivity contribution < 1.29 is 18.3 Å². The second-order valence-corrected chi connectivity index (χ2v) is 4.10. The molecule has 0 aromatic heterocycles. The molecule has 0 bridgehead atoms. The Kier molecular flexibility index (Phi) is 3.60. The lowest BCUT2D eigenvalue weighted by molar-refractivity contribution is 0.101. The topological polar surface area (TPSA) is 26.3 Å². The minimum atomic E-state index is -0.576. The van der Waals surface area contributed by atoms with Gasteiger partial charge in [-0.05, 0) is 42.8 Å². The minimum Gasteiger partial charge on any atom is -0.494 e. The molecular formula is C15H12F2O2. The van der Waals surface area contributed by atoms with Crippen molar-refractivity contribution >= 4 is 5.78 Å². The molecule has 98 valence electrons. The molecular weight excluding hydrogens is 250 g/mol. The summed E-state index contributed by atoms with van der Waals surface area (Å²) in [4.78, 5) is 11.3. The first kappa shape index (κ1) is 13.2. The summed E-state index contributed by atoms with van der Waals surface area (Å²) in [6, 6.07) is 8.17. The summed E-state index contributed by atoms with van der Waals surface area (Å²) in [7, 11) is 1.36. The number of halogens is 2. The Labute approximate surface area is 109 Å². The number of hydrogen-bond donors (Lipinski definition) is 0. The van der Waals surface area contributed by atoms with Crippen LogP contribution in [0.5, 0.6) is 5.75 Å². The lowest BCUT2D eigenvalue weighted by atomic mass is 10.0. The molecule has 0 saturated carbocycles. The fourth-order valence-electron chi connectivity index (χ4n) is 1.80. The summed E-state index contributed by atoms with van der Waals surface area (Å²) in [5.41, 5.74) is 0.931. The molecule has 0 saturated heterocycles. The van der Waals surface area contributed by atoms with E-state index < -0.39 is 11.6 Å². The molecule has 2 aromatic rings. The van der Waals surface area contributed by atoms with Crippen LogP contribution >= 0.6 is 0 Å². The van der Waals surface area contributed by atoms with Gasteiger partial charge in [0.1, 0.15) is 5.82 Å². The largest absolute Gasteiger partial charge is 0.494 e. The predicted molar refractivity (Wildman–Crippen MR) is 68.4 cm³/mol. The van der Waals surface area contributed by atoms with Gasteiger partial charge in [-0.25, -0.2) is 8.78 Å². The molecule has 2 rings (SSSR count). The minimum absolute atomic E-state index is 0.0897. The fraction of sp³-hybridized carbons (Fsp3) is 0.133. The Morgan fingerprint density at radius 3 is 2.37 bits per heavy atom. The molecule has 0 aliphatic heterocycles. The maximum Gasteiger partial charge on any atom is 0.165 e. The first-order valence-corrected chi connectivity index (χ1v) is 5.67. The van der Waals surface area contributed by atoms with E-state index in [1.54, 1.807) is 6.07 Å². The van der Waals surface area contributed by atoms with Crippen LogP contribution in [0.3, 0.4) is 0 Å². The second kappa shape index (κ2) is 5.18. The quantitative estimate of drug-likeness (QED) is 0.785. The van der Waals surface area contributed by atoms with E-state index in [0.717, 1.165) is 0 Å². The third-order valence-corrected chi connectivity index (χ3v) is 2.84. The molecule has 19 heavy (non-hydrogen) atoms. The van der Waals surface area contributed by atoms with E-state index in [9.17, 15) is 13.6 Å². The average molecular weight is 262 g/mol. The zero-order valence-corrected chi connectivity index (χ0v) is 10.5. The molecule has 0 N–H and O–H groups in total. The van der Waals surface area contributed by atoms with Crippen molar-refractivity contribution in [1.29, 1.82) is 0 Å². The number of carbonyl (C=O) groups excluding carboxylic acids is 1. The van der Waals surface area contributed by atoms with Gasteiger partial charge in [-0.2, -0.15) is 0 Å². The van der Waals surface area contributed by atoms with Gasteiger partial charge in [-0.1, -0.05) is 6.07 Å². The van der Waals surface area contributed by atoms with Crippen LogP contribution < -0.4 is 4.74 Å². The molecule has 0 heterocycles. The molecule has 2 nitrogen and oxygen atoms in total. The molecule has 0 atom stereocenters. The molecule has 0 amide bonds. The van der Waals surface area contributed by atoms with Crippen LogP contribution in [0.1, 0.15) is 17.3 Å². The highest BCUT2D eigenvalue weighted by atomic mass is 19.1. The SMILES string of the molecule is COc1ccc(-c2cc(C(C)=O)ccc2F)cc1F. The van der Waals surface area contributed by atoms with Gasteiger partial charge in [0, 0.05) is 11.1 Å². The number of ketones is 1. The lowest BCUT2D eigenvalue weighted by Gasteiger charge is -2.08. The predicted octanol–water partition coefficient (Wildman–Crippen LogP) is 3.84. The van der Waals surface area contributed by atoms with Crippen LogP contribution in [0.25, 0.3) is 11.1 Å². The Morgan fingerprint density at radius 2 is 1.79 bits per heavy atom. The smallest absolute Gasteiger partial charge is 0.165 e. The summed E-state index contributed by atoms with van der Waals surface area (Å²) >= 11 is 0. The third-order valence-electron chi connectivity index (χ3n) is 2.84. The third kappa shape index (κ3) is 2.62. The normalized spacial score (nSPS) is 10.3. The number of ether oxygens (including phenoxy) is 1. The number of rotatable bonds is 3. The molecule has 2 aromatic carbocycles. The maximum absolute atomic E-state index is 13.8. The monoisotopic (exact) mass is 262 g/mol. The highest BCUT2D eigenvalue weighted by molar-refractivity contribution is 5.95. The van der Waals surface area contributed by atoms with Crippen molar-refractivity contribution in [2.24, 2.45) is 0 Å². The van der Waals surface area contributed by atoms with Gasteiger partial charge in [-0.15, -0.1) is 0 Å². The zero-order chi connectivity index (χ0) is 14.0. The van der Waals surface area contributed by atoms with E-state index in [1.807, 2.05) is 0 Å². The molecule has 0 unspecified atom stereocenters. The van der Waals surface area contributed by atoms with Crippen LogP contribution in [0.2, 0.25) is 0 Å². The Bertz CT molecular complexity index is 636. The van der Waals surface area contributed by atoms with Gasteiger partial charge in [0.05, 0.1) is 7.11 Å². The van der Waals surface area contributed by atoms with Crippen LogP contribution in [0.4, 0.5) is 8.78 Å². The Balaban J connectivity index is 2.54. The molecule has 0 aliphatic rings. The van der Waals surface area contributed by atoms with Gasteiger partial charge >= 0.3 is 0 Å². The van der Waals surface area contributed by atoms with E-state index in [-0.39, 0.29) is 17.1 Å². The second-order valence-electron chi connectivity index (χ2n) is 4.10. The summed E-state index contributed by atoms with van der Waals surface area (Å²) in [5, 5.41) is 0. The lowest BCUT2D eigenvalue weighted by Crippen LogP contribution is -1.95. The number of hydrogen-bond acceptors (Lipinski definition) is 2. The number of benzene rings is 2. The van der Waals surface area contributed by atoms with Gasteiger partial charge in [-0.3, -0.25) is 4.79 Å². The molecule has 0 radical (unpaired) electrons. The maximum atomic E-state index is 13.8. The van der Waals surface area contributed by atoms with Crippen molar-refractivity contribution in [1.82, 2.24) is 0 Å². The number of Topliss-reactive ketones (excluding diaryl/α,β-unsaturated/α-hetero) is 1. The molecule has 0 spiro atoms. The van der Waals surface area contributed by atoms with Gasteiger partial charge in [0.2, 0.25) is 0 Å². The molecule has 0 aliphatic carbocycles. The number of methoxy groups -OCH3 is 1. The van der Waals surface area contributed by atoms with Crippen LogP contribution in [-0.4, -0.2) is 12.9 Å². The van der Waals surface area contributed by atoms with Crippen LogP contribution in [0.15, 0.2) is 36.4 Å². The number of carbonyl (C=O) groups is 1. The van der Waals surface area contributed by atoms with E-state index in [0.29, 0.717) is 11.1 Å². The Morgan fingerprint density at radius 1 is 1.05 bits per heavy atom. The first-order valence-electron chi connectivity index (χ1n) is 5.67. The summed E-state index contributed by atoms with van der Waals surface area (Å²) < 4.78 is 32.2. The van der Waals surface area contributed by atoms with Crippen LogP contribution in [-0.2, 0) is 0 Å². The summed E-state index contributed by atoms with van der Waals surface area (Å²) in [6.45, 7) is 1.39. The Hall–Kier alpha value is -2.23. The average Bonchev–Trinajstić information content (AvgIpc) is 2.38. The van der Waals surface area contributed by atoms with Gasteiger partial charge in [0.25, 0.3) is 0 Å². The van der Waals surface area contributed by atoms with E-state index in [1.165, 1.54) is 44.4 Å². The van der Waals surface area contributed by atoms with E-state index in [2.05, 4.69) is 0 Å². The van der Waals surface area contributed by atoms with E-state index >= 15 is 0 Å². The standard InChI is InChI=1S/C15H12F2O2/c1-9(18)10-3-5-13(16)12(7-10)11-4-6-15(19-2)14(17)8-11/h3-8H,1-2H3. The van der Waals surface area contributed by atoms with Crippen molar-refractivity contribution in [3.05, 3.63) is 53.6 Å². The van der Waals surface area contributed by atoms with Crippen molar-refractivity contribution in [3.63, 3.8) is 0 Å². The highest BCUT2D eigenvalue weighted by Gasteiger charge is 2.11. The zero-order valence-electron chi connectivity index (χ0n) is 10.5. The van der Waals surface area contributed by atoms with Crippen molar-refractivity contribution in [2.75, 3.05) is 7.11 Å². The van der Waals surface area contributed by atoms with Crippen molar-refractivity contribution in [3.8, 4) is 16.9 Å².